The largest absolute Gasteiger partial charge is 0.433 e. The summed E-state index contributed by atoms with van der Waals surface area (Å²) in [5.41, 5.74) is 1.13. The monoisotopic (exact) mass is 243 g/mol. The molecule has 1 aromatic carbocycles. The van der Waals surface area contributed by atoms with Gasteiger partial charge in [0.15, 0.2) is 6.29 Å². The molecule has 2 rings (SSSR count). The zero-order valence-corrected chi connectivity index (χ0v) is 9.28. The predicted octanol–water partition coefficient (Wildman–Crippen LogP) is 2.93. The predicted molar refractivity (Wildman–Crippen MR) is 65.7 cm³/mol. The van der Waals surface area contributed by atoms with Gasteiger partial charge < -0.3 is 4.42 Å². The molecule has 0 aliphatic carbocycles. The molecule has 18 heavy (non-hydrogen) atoms. The summed E-state index contributed by atoms with van der Waals surface area (Å²) in [4.78, 5) is 20.8. The molecule has 0 fully saturated rings. The lowest BCUT2D eigenvalue weighted by Gasteiger charge is -1.97. The van der Waals surface area contributed by atoms with Crippen LogP contribution in [0.1, 0.15) is 11.3 Å². The molecular formula is C13H9NO4. The van der Waals surface area contributed by atoms with Crippen LogP contribution >= 0.6 is 0 Å². The lowest BCUT2D eigenvalue weighted by Crippen LogP contribution is -1.85. The SMILES string of the molecule is O=C/C(=C/c1ccc([N+](=O)[O-])o1)c1ccccc1. The molecular weight excluding hydrogens is 234 g/mol. The van der Waals surface area contributed by atoms with Crippen molar-refractivity contribution < 1.29 is 14.1 Å². The Hall–Kier alpha value is -2.69. The Morgan fingerprint density at radius 3 is 2.44 bits per heavy atom. The first-order valence-electron chi connectivity index (χ1n) is 5.17. The standard InChI is InChI=1S/C13H9NO4/c15-9-11(10-4-2-1-3-5-10)8-12-6-7-13(18-12)14(16)17/h1-9H/b11-8-. The number of hydrogen-bond acceptors (Lipinski definition) is 4. The number of nitro groups is 1. The van der Waals surface area contributed by atoms with Crippen molar-refractivity contribution >= 4 is 23.8 Å². The molecule has 90 valence electrons. The molecule has 0 aliphatic heterocycles. The van der Waals surface area contributed by atoms with Gasteiger partial charge in [-0.1, -0.05) is 30.3 Å². The number of nitrogens with zero attached hydrogens (tertiary/aromatic N) is 1. The van der Waals surface area contributed by atoms with E-state index in [0.717, 1.165) is 5.56 Å². The summed E-state index contributed by atoms with van der Waals surface area (Å²) in [6.45, 7) is 0. The number of hydrogen-bond donors (Lipinski definition) is 0. The van der Waals surface area contributed by atoms with Crippen molar-refractivity contribution in [2.24, 2.45) is 0 Å². The number of carbonyl (C=O) groups excluding carboxylic acids is 1. The van der Waals surface area contributed by atoms with E-state index in [1.54, 1.807) is 24.3 Å². The fourth-order valence-corrected chi connectivity index (χ4v) is 1.49. The van der Waals surface area contributed by atoms with E-state index in [2.05, 4.69) is 0 Å². The summed E-state index contributed by atoms with van der Waals surface area (Å²) in [7, 11) is 0. The van der Waals surface area contributed by atoms with Gasteiger partial charge in [0.2, 0.25) is 0 Å². The Labute approximate surface area is 103 Å². The van der Waals surface area contributed by atoms with Crippen molar-refractivity contribution in [1.82, 2.24) is 0 Å². The highest BCUT2D eigenvalue weighted by Crippen LogP contribution is 2.21. The van der Waals surface area contributed by atoms with Gasteiger partial charge in [-0.3, -0.25) is 14.9 Å². The van der Waals surface area contributed by atoms with Crippen LogP contribution < -0.4 is 0 Å². The van der Waals surface area contributed by atoms with Crippen LogP contribution in [0.15, 0.2) is 46.9 Å². The van der Waals surface area contributed by atoms with Crippen LogP contribution in [0.25, 0.3) is 11.6 Å². The van der Waals surface area contributed by atoms with Gasteiger partial charge in [0.05, 0.1) is 6.07 Å². The maximum absolute atomic E-state index is 11.0. The Morgan fingerprint density at radius 2 is 1.89 bits per heavy atom. The fourth-order valence-electron chi connectivity index (χ4n) is 1.49. The molecule has 0 saturated carbocycles. The molecule has 1 heterocycles. The lowest BCUT2D eigenvalue weighted by molar-refractivity contribution is -0.402. The second-order valence-electron chi connectivity index (χ2n) is 3.52. The Kier molecular flexibility index (Phi) is 3.33. The molecule has 0 spiro atoms. The Bertz CT molecular complexity index is 598. The van der Waals surface area contributed by atoms with Gasteiger partial charge in [0, 0.05) is 5.57 Å². The minimum absolute atomic E-state index is 0.271. The number of rotatable bonds is 4. The number of furan rings is 1. The topological polar surface area (TPSA) is 73.3 Å². The van der Waals surface area contributed by atoms with Gasteiger partial charge in [0.25, 0.3) is 0 Å². The molecule has 2 aromatic rings. The zero-order chi connectivity index (χ0) is 13.0. The second-order valence-corrected chi connectivity index (χ2v) is 3.52. The molecule has 0 atom stereocenters. The highest BCUT2D eigenvalue weighted by molar-refractivity contribution is 6.13. The molecule has 5 nitrogen and oxygen atoms in total. The fraction of sp³-hybridized carbons (Fsp3) is 0. The van der Waals surface area contributed by atoms with E-state index in [-0.39, 0.29) is 11.6 Å². The molecule has 0 radical (unpaired) electrons. The van der Waals surface area contributed by atoms with Gasteiger partial charge in [-0.05, 0) is 17.7 Å². The molecule has 0 amide bonds. The average Bonchev–Trinajstić information content (AvgIpc) is 2.86. The smallest absolute Gasteiger partial charge is 0.401 e. The third kappa shape index (κ3) is 2.52. The van der Waals surface area contributed by atoms with Gasteiger partial charge in [-0.25, -0.2) is 0 Å². The molecule has 5 heteroatoms. The van der Waals surface area contributed by atoms with E-state index in [9.17, 15) is 14.9 Å². The quantitative estimate of drug-likeness (QED) is 0.358. The zero-order valence-electron chi connectivity index (χ0n) is 9.28. The molecule has 0 bridgehead atoms. The Morgan fingerprint density at radius 1 is 1.17 bits per heavy atom. The molecule has 1 aromatic heterocycles. The van der Waals surface area contributed by atoms with E-state index in [1.165, 1.54) is 18.2 Å². The summed E-state index contributed by atoms with van der Waals surface area (Å²) in [5, 5.41) is 10.5. The third-order valence-corrected chi connectivity index (χ3v) is 2.32. The van der Waals surface area contributed by atoms with Gasteiger partial charge in [0.1, 0.15) is 10.7 Å². The van der Waals surface area contributed by atoms with E-state index >= 15 is 0 Å². The first-order chi connectivity index (χ1) is 8.70. The summed E-state index contributed by atoms with van der Waals surface area (Å²) in [6.07, 6.45) is 2.15. The maximum Gasteiger partial charge on any atom is 0.433 e. The summed E-state index contributed by atoms with van der Waals surface area (Å²) >= 11 is 0. The first-order valence-corrected chi connectivity index (χ1v) is 5.17. The average molecular weight is 243 g/mol. The van der Waals surface area contributed by atoms with Gasteiger partial charge >= 0.3 is 5.88 Å². The van der Waals surface area contributed by atoms with Crippen molar-refractivity contribution in [2.75, 3.05) is 0 Å². The number of carbonyl (C=O) groups is 1. The Balaban J connectivity index is 2.35. The van der Waals surface area contributed by atoms with Crippen molar-refractivity contribution in [3.05, 3.63) is 63.9 Å². The molecule has 0 saturated heterocycles. The summed E-state index contributed by atoms with van der Waals surface area (Å²) < 4.78 is 4.96. The maximum atomic E-state index is 11.0. The van der Waals surface area contributed by atoms with E-state index in [1.807, 2.05) is 6.07 Å². The van der Waals surface area contributed by atoms with Crippen LogP contribution in [-0.2, 0) is 4.79 Å². The number of aldehydes is 1. The van der Waals surface area contributed by atoms with E-state index in [0.29, 0.717) is 11.9 Å². The van der Waals surface area contributed by atoms with E-state index in [4.69, 9.17) is 4.42 Å². The lowest BCUT2D eigenvalue weighted by atomic mass is 10.1. The second kappa shape index (κ2) is 5.09. The van der Waals surface area contributed by atoms with Gasteiger partial charge in [-0.2, -0.15) is 0 Å². The molecule has 0 unspecified atom stereocenters. The minimum Gasteiger partial charge on any atom is -0.401 e. The van der Waals surface area contributed by atoms with Crippen molar-refractivity contribution in [2.45, 2.75) is 0 Å². The summed E-state index contributed by atoms with van der Waals surface area (Å²) in [6, 6.07) is 11.7. The van der Waals surface area contributed by atoms with Crippen LogP contribution in [0, 0.1) is 10.1 Å². The van der Waals surface area contributed by atoms with Crippen molar-refractivity contribution in [3.8, 4) is 0 Å². The number of allylic oxidation sites excluding steroid dienone is 1. The number of benzene rings is 1. The van der Waals surface area contributed by atoms with Crippen LogP contribution in [0.2, 0.25) is 0 Å². The van der Waals surface area contributed by atoms with Crippen LogP contribution in [0.3, 0.4) is 0 Å². The van der Waals surface area contributed by atoms with Crippen molar-refractivity contribution in [1.29, 1.82) is 0 Å². The highest BCUT2D eigenvalue weighted by Gasteiger charge is 2.11. The molecule has 0 aliphatic rings. The van der Waals surface area contributed by atoms with Crippen LogP contribution in [-0.4, -0.2) is 11.2 Å². The first kappa shape index (κ1) is 11.8. The van der Waals surface area contributed by atoms with Gasteiger partial charge in [-0.15, -0.1) is 0 Å². The third-order valence-electron chi connectivity index (χ3n) is 2.32. The summed E-state index contributed by atoms with van der Waals surface area (Å²) in [5.74, 6) is -0.0767. The minimum atomic E-state index is -0.625. The van der Waals surface area contributed by atoms with Crippen LogP contribution in [0.5, 0.6) is 0 Å². The highest BCUT2D eigenvalue weighted by atomic mass is 16.6. The van der Waals surface area contributed by atoms with Crippen molar-refractivity contribution in [3.63, 3.8) is 0 Å². The van der Waals surface area contributed by atoms with Crippen LogP contribution in [0.4, 0.5) is 5.88 Å². The normalized spacial score (nSPS) is 11.2. The molecule has 0 N–H and O–H groups in total. The van der Waals surface area contributed by atoms with E-state index < -0.39 is 4.92 Å².